The second-order valence-corrected chi connectivity index (χ2v) is 6.54. The van der Waals surface area contributed by atoms with Gasteiger partial charge in [-0.15, -0.1) is 0 Å². The van der Waals surface area contributed by atoms with Crippen molar-refractivity contribution in [1.82, 2.24) is 0 Å². The number of hydrogen-bond donors (Lipinski definition) is 2. The van der Waals surface area contributed by atoms with Crippen molar-refractivity contribution < 1.29 is 22.5 Å². The van der Waals surface area contributed by atoms with E-state index in [1.165, 1.54) is 12.1 Å². The average Bonchev–Trinajstić information content (AvgIpc) is 2.16. The number of halogens is 1. The van der Waals surface area contributed by atoms with Gasteiger partial charge in [0.2, 0.25) is 0 Å². The Hall–Kier alpha value is -1.31. The van der Waals surface area contributed by atoms with Crippen LogP contribution >= 0.6 is 11.6 Å². The Kier molecular flexibility index (Phi) is 4.44. The number of amides is 1. The number of rotatable bonds is 2. The minimum Gasteiger partial charge on any atom is -0.444 e. The Morgan fingerprint density at radius 1 is 1.37 bits per heavy atom. The molecule has 6 nitrogen and oxygen atoms in total. The zero-order valence-electron chi connectivity index (χ0n) is 10.6. The average molecular weight is 308 g/mol. The largest absolute Gasteiger partial charge is 0.444 e. The van der Waals surface area contributed by atoms with Gasteiger partial charge >= 0.3 is 6.09 Å². The van der Waals surface area contributed by atoms with Gasteiger partial charge in [-0.25, -0.2) is 4.79 Å². The first-order valence-electron chi connectivity index (χ1n) is 5.26. The summed E-state index contributed by atoms with van der Waals surface area (Å²) in [6.45, 7) is 5.08. The zero-order chi connectivity index (χ0) is 14.8. The van der Waals surface area contributed by atoms with Crippen LogP contribution in [0.4, 0.5) is 10.5 Å². The van der Waals surface area contributed by atoms with Crippen molar-refractivity contribution >= 4 is 33.5 Å². The molecule has 0 heterocycles. The Balaban J connectivity index is 2.96. The van der Waals surface area contributed by atoms with Crippen LogP contribution in [0.1, 0.15) is 20.8 Å². The maximum Gasteiger partial charge on any atom is 0.412 e. The molecule has 1 amide bonds. The van der Waals surface area contributed by atoms with Gasteiger partial charge < -0.3 is 4.74 Å². The number of anilines is 1. The minimum absolute atomic E-state index is 0.141. The van der Waals surface area contributed by atoms with Crippen LogP contribution in [0.25, 0.3) is 0 Å². The first kappa shape index (κ1) is 15.7. The van der Waals surface area contributed by atoms with Gasteiger partial charge in [-0.1, -0.05) is 11.6 Å². The van der Waals surface area contributed by atoms with E-state index in [9.17, 15) is 13.2 Å². The molecule has 1 aromatic carbocycles. The molecule has 19 heavy (non-hydrogen) atoms. The van der Waals surface area contributed by atoms with Crippen LogP contribution in [-0.2, 0) is 14.9 Å². The Morgan fingerprint density at radius 2 is 1.95 bits per heavy atom. The Labute approximate surface area is 116 Å². The van der Waals surface area contributed by atoms with Gasteiger partial charge in [0.05, 0.1) is 5.02 Å². The van der Waals surface area contributed by atoms with Crippen LogP contribution in [0.3, 0.4) is 0 Å². The summed E-state index contributed by atoms with van der Waals surface area (Å²) in [6.07, 6.45) is -0.740. The molecule has 2 N–H and O–H groups in total. The van der Waals surface area contributed by atoms with Gasteiger partial charge in [0.25, 0.3) is 10.1 Å². The zero-order valence-corrected chi connectivity index (χ0v) is 12.2. The molecule has 0 spiro atoms. The fourth-order valence-corrected chi connectivity index (χ4v) is 2.20. The third-order valence-corrected chi connectivity index (χ3v) is 3.19. The fraction of sp³-hybridized carbons (Fsp3) is 0.364. The molecule has 0 bridgehead atoms. The number of carbonyl (C=O) groups excluding carboxylic acids is 1. The lowest BCUT2D eigenvalue weighted by atomic mass is 10.2. The molecule has 1 rings (SSSR count). The summed E-state index contributed by atoms with van der Waals surface area (Å²) in [6, 6.07) is 3.68. The molecule has 0 unspecified atom stereocenters. The van der Waals surface area contributed by atoms with Crippen LogP contribution in [0, 0.1) is 0 Å². The number of carbonyl (C=O) groups is 1. The molecule has 0 aromatic heterocycles. The van der Waals surface area contributed by atoms with Crippen molar-refractivity contribution in [2.45, 2.75) is 31.3 Å². The van der Waals surface area contributed by atoms with Gasteiger partial charge in [0, 0.05) is 5.69 Å². The van der Waals surface area contributed by atoms with Crippen LogP contribution in [0.15, 0.2) is 23.1 Å². The minimum atomic E-state index is -4.45. The van der Waals surface area contributed by atoms with E-state index in [4.69, 9.17) is 20.9 Å². The molecule has 1 aromatic rings. The molecule has 0 saturated carbocycles. The summed E-state index contributed by atoms with van der Waals surface area (Å²) in [5.41, 5.74) is -0.533. The topological polar surface area (TPSA) is 92.7 Å². The second-order valence-electron chi connectivity index (χ2n) is 4.75. The van der Waals surface area contributed by atoms with E-state index >= 15 is 0 Å². The number of nitrogens with one attached hydrogen (secondary N) is 1. The second kappa shape index (κ2) is 5.36. The first-order chi connectivity index (χ1) is 8.49. The third kappa shape index (κ3) is 5.06. The SMILES string of the molecule is CC(C)(C)OC(=O)Nc1ccc(Cl)c(S(=O)(=O)O)c1. The highest BCUT2D eigenvalue weighted by molar-refractivity contribution is 7.86. The third-order valence-electron chi connectivity index (χ3n) is 1.85. The molecule has 106 valence electrons. The maximum atomic E-state index is 11.5. The Morgan fingerprint density at radius 3 is 2.42 bits per heavy atom. The van der Waals surface area contributed by atoms with E-state index in [0.717, 1.165) is 6.07 Å². The van der Waals surface area contributed by atoms with Crippen molar-refractivity contribution in [3.8, 4) is 0 Å². The summed E-state index contributed by atoms with van der Waals surface area (Å²) in [5.74, 6) is 0. The standard InChI is InChI=1S/C11H14ClNO5S/c1-11(2,3)18-10(14)13-7-4-5-8(12)9(6-7)19(15,16)17/h4-6H,1-3H3,(H,13,14)(H,15,16,17). The molecule has 0 radical (unpaired) electrons. The van der Waals surface area contributed by atoms with Gasteiger partial charge in [-0.05, 0) is 39.0 Å². The lowest BCUT2D eigenvalue weighted by Crippen LogP contribution is -2.27. The summed E-state index contributed by atoms with van der Waals surface area (Å²) < 4.78 is 36.1. The van der Waals surface area contributed by atoms with Crippen molar-refractivity contribution in [1.29, 1.82) is 0 Å². The van der Waals surface area contributed by atoms with E-state index in [1.807, 2.05) is 0 Å². The van der Waals surface area contributed by atoms with Crippen LogP contribution in [0.5, 0.6) is 0 Å². The predicted molar refractivity (Wildman–Crippen MR) is 71.1 cm³/mol. The van der Waals surface area contributed by atoms with Crippen LogP contribution < -0.4 is 5.32 Å². The van der Waals surface area contributed by atoms with Crippen molar-refractivity contribution in [3.05, 3.63) is 23.2 Å². The van der Waals surface area contributed by atoms with Gasteiger partial charge in [-0.3, -0.25) is 9.87 Å². The summed E-state index contributed by atoms with van der Waals surface area (Å²) in [5, 5.41) is 2.20. The summed E-state index contributed by atoms with van der Waals surface area (Å²) in [4.78, 5) is 11.0. The van der Waals surface area contributed by atoms with Gasteiger partial charge in [-0.2, -0.15) is 8.42 Å². The molecule has 8 heteroatoms. The molecule has 0 fully saturated rings. The van der Waals surface area contributed by atoms with Gasteiger partial charge in [0.1, 0.15) is 10.5 Å². The van der Waals surface area contributed by atoms with Crippen molar-refractivity contribution in [2.24, 2.45) is 0 Å². The van der Waals surface area contributed by atoms with Gasteiger partial charge in [0.15, 0.2) is 0 Å². The predicted octanol–water partition coefficient (Wildman–Crippen LogP) is 2.93. The lowest BCUT2D eigenvalue weighted by molar-refractivity contribution is 0.0636. The molecular weight excluding hydrogens is 294 g/mol. The highest BCUT2D eigenvalue weighted by Gasteiger charge is 2.18. The smallest absolute Gasteiger partial charge is 0.412 e. The molecule has 0 aliphatic heterocycles. The summed E-state index contributed by atoms with van der Waals surface area (Å²) in [7, 11) is -4.45. The summed E-state index contributed by atoms with van der Waals surface area (Å²) >= 11 is 5.64. The Bertz CT molecular complexity index is 592. The van der Waals surface area contributed by atoms with E-state index in [2.05, 4.69) is 5.32 Å². The highest BCUT2D eigenvalue weighted by atomic mass is 35.5. The molecule has 0 atom stereocenters. The van der Waals surface area contributed by atoms with E-state index in [-0.39, 0.29) is 10.7 Å². The van der Waals surface area contributed by atoms with Crippen molar-refractivity contribution in [3.63, 3.8) is 0 Å². The monoisotopic (exact) mass is 307 g/mol. The molecule has 0 aliphatic rings. The van der Waals surface area contributed by atoms with E-state index in [1.54, 1.807) is 20.8 Å². The molecule has 0 saturated heterocycles. The number of benzene rings is 1. The van der Waals surface area contributed by atoms with E-state index in [0.29, 0.717) is 0 Å². The lowest BCUT2D eigenvalue weighted by Gasteiger charge is -2.19. The molecule has 0 aliphatic carbocycles. The normalized spacial score (nSPS) is 12.1. The fourth-order valence-electron chi connectivity index (χ4n) is 1.20. The number of ether oxygens (including phenoxy) is 1. The first-order valence-corrected chi connectivity index (χ1v) is 7.08. The molecular formula is C11H14ClNO5S. The quantitative estimate of drug-likeness (QED) is 0.819. The van der Waals surface area contributed by atoms with Crippen LogP contribution in [-0.4, -0.2) is 24.7 Å². The maximum absolute atomic E-state index is 11.5. The van der Waals surface area contributed by atoms with Crippen molar-refractivity contribution in [2.75, 3.05) is 5.32 Å². The van der Waals surface area contributed by atoms with Crippen LogP contribution in [0.2, 0.25) is 5.02 Å². The highest BCUT2D eigenvalue weighted by Crippen LogP contribution is 2.25. The number of hydrogen-bond acceptors (Lipinski definition) is 4. The van der Waals surface area contributed by atoms with E-state index < -0.39 is 26.7 Å².